The first-order chi connectivity index (χ1) is 11.6. The molecule has 1 aromatic carbocycles. The van der Waals surface area contributed by atoms with Crippen LogP contribution in [0.1, 0.15) is 24.0 Å². The summed E-state index contributed by atoms with van der Waals surface area (Å²) in [5.41, 5.74) is 1.20. The zero-order valence-electron chi connectivity index (χ0n) is 13.3. The lowest BCUT2D eigenvalue weighted by Gasteiger charge is -2.17. The largest absolute Gasteiger partial charge is 0.357 e. The van der Waals surface area contributed by atoms with Crippen molar-refractivity contribution in [2.45, 2.75) is 25.8 Å². The number of aromatic nitrogens is 1. The van der Waals surface area contributed by atoms with Gasteiger partial charge in [-0.3, -0.25) is 4.79 Å². The highest BCUT2D eigenvalue weighted by atomic mass is 35.5. The van der Waals surface area contributed by atoms with E-state index in [4.69, 9.17) is 11.6 Å². The van der Waals surface area contributed by atoms with E-state index in [1.165, 1.54) is 25.0 Å². The Hall–Kier alpha value is -2.14. The van der Waals surface area contributed by atoms with Crippen molar-refractivity contribution in [1.82, 2.24) is 10.3 Å². The SMILES string of the molecule is O=C(Cc1c(F)cccc1Cl)NCc1ccnc(N2CCCC2)c1. The van der Waals surface area contributed by atoms with Crippen LogP contribution in [0.4, 0.5) is 10.2 Å². The molecule has 1 N–H and O–H groups in total. The van der Waals surface area contributed by atoms with E-state index in [1.54, 1.807) is 12.3 Å². The number of hydrogen-bond acceptors (Lipinski definition) is 3. The average molecular weight is 348 g/mol. The monoisotopic (exact) mass is 347 g/mol. The van der Waals surface area contributed by atoms with Crippen molar-refractivity contribution in [2.24, 2.45) is 0 Å². The maximum absolute atomic E-state index is 13.7. The minimum absolute atomic E-state index is 0.0738. The van der Waals surface area contributed by atoms with E-state index < -0.39 is 5.82 Å². The lowest BCUT2D eigenvalue weighted by molar-refractivity contribution is -0.120. The van der Waals surface area contributed by atoms with E-state index >= 15 is 0 Å². The second-order valence-electron chi connectivity index (χ2n) is 5.87. The van der Waals surface area contributed by atoms with Crippen LogP contribution in [0.25, 0.3) is 0 Å². The Morgan fingerprint density at radius 1 is 1.29 bits per heavy atom. The summed E-state index contributed by atoms with van der Waals surface area (Å²) in [4.78, 5) is 18.7. The summed E-state index contributed by atoms with van der Waals surface area (Å²) >= 11 is 5.95. The Balaban J connectivity index is 1.59. The van der Waals surface area contributed by atoms with Gasteiger partial charge in [-0.25, -0.2) is 9.37 Å². The highest BCUT2D eigenvalue weighted by Gasteiger charge is 2.14. The number of amides is 1. The third-order valence-electron chi connectivity index (χ3n) is 4.13. The van der Waals surface area contributed by atoms with E-state index in [0.717, 1.165) is 24.5 Å². The highest BCUT2D eigenvalue weighted by molar-refractivity contribution is 6.31. The zero-order chi connectivity index (χ0) is 16.9. The lowest BCUT2D eigenvalue weighted by atomic mass is 10.1. The molecule has 0 unspecified atom stereocenters. The van der Waals surface area contributed by atoms with Crippen molar-refractivity contribution >= 4 is 23.3 Å². The molecule has 0 spiro atoms. The standard InChI is InChI=1S/C18H19ClFN3O/c19-15-4-3-5-16(20)14(15)11-18(24)22-12-13-6-7-21-17(10-13)23-8-1-2-9-23/h3-7,10H,1-2,8-9,11-12H2,(H,22,24). The van der Waals surface area contributed by atoms with Crippen molar-refractivity contribution in [3.05, 3.63) is 58.5 Å². The highest BCUT2D eigenvalue weighted by Crippen LogP contribution is 2.20. The predicted molar refractivity (Wildman–Crippen MR) is 92.6 cm³/mol. The van der Waals surface area contributed by atoms with Crippen LogP contribution in [-0.2, 0) is 17.8 Å². The minimum atomic E-state index is -0.460. The van der Waals surface area contributed by atoms with E-state index in [2.05, 4.69) is 15.2 Å². The van der Waals surface area contributed by atoms with Gasteiger partial charge >= 0.3 is 0 Å². The van der Waals surface area contributed by atoms with Crippen LogP contribution in [0.15, 0.2) is 36.5 Å². The number of nitrogens with one attached hydrogen (secondary N) is 1. The number of carbonyl (C=O) groups excluding carboxylic acids is 1. The molecule has 1 fully saturated rings. The third-order valence-corrected chi connectivity index (χ3v) is 4.48. The topological polar surface area (TPSA) is 45.2 Å². The molecule has 6 heteroatoms. The van der Waals surface area contributed by atoms with Crippen LogP contribution in [-0.4, -0.2) is 24.0 Å². The number of anilines is 1. The number of rotatable bonds is 5. The van der Waals surface area contributed by atoms with Crippen LogP contribution in [0.3, 0.4) is 0 Å². The van der Waals surface area contributed by atoms with Crippen molar-refractivity contribution in [1.29, 1.82) is 0 Å². The molecule has 24 heavy (non-hydrogen) atoms. The third kappa shape index (κ3) is 4.03. The van der Waals surface area contributed by atoms with E-state index in [9.17, 15) is 9.18 Å². The van der Waals surface area contributed by atoms with Crippen LogP contribution >= 0.6 is 11.6 Å². The fourth-order valence-electron chi connectivity index (χ4n) is 2.81. The molecule has 0 saturated carbocycles. The molecule has 1 amide bonds. The first-order valence-corrected chi connectivity index (χ1v) is 8.41. The molecular weight excluding hydrogens is 329 g/mol. The average Bonchev–Trinajstić information content (AvgIpc) is 3.11. The molecule has 0 radical (unpaired) electrons. The minimum Gasteiger partial charge on any atom is -0.357 e. The molecular formula is C18H19ClFN3O. The van der Waals surface area contributed by atoms with Crippen molar-refractivity contribution in [2.75, 3.05) is 18.0 Å². The van der Waals surface area contributed by atoms with Gasteiger partial charge in [0.05, 0.1) is 6.42 Å². The van der Waals surface area contributed by atoms with Crippen molar-refractivity contribution < 1.29 is 9.18 Å². The Labute approximate surface area is 145 Å². The van der Waals surface area contributed by atoms with Gasteiger partial charge in [0.25, 0.3) is 0 Å². The fourth-order valence-corrected chi connectivity index (χ4v) is 3.04. The van der Waals surface area contributed by atoms with Crippen molar-refractivity contribution in [3.63, 3.8) is 0 Å². The fraction of sp³-hybridized carbons (Fsp3) is 0.333. The zero-order valence-corrected chi connectivity index (χ0v) is 14.0. The molecule has 2 aromatic rings. The second-order valence-corrected chi connectivity index (χ2v) is 6.28. The first kappa shape index (κ1) is 16.7. The molecule has 1 aliphatic heterocycles. The van der Waals surface area contributed by atoms with Gasteiger partial charge in [0.2, 0.25) is 5.91 Å². The van der Waals surface area contributed by atoms with Gasteiger partial charge < -0.3 is 10.2 Å². The molecule has 126 valence electrons. The number of nitrogens with zero attached hydrogens (tertiary/aromatic N) is 2. The van der Waals surface area contributed by atoms with Crippen LogP contribution in [0, 0.1) is 5.82 Å². The summed E-state index contributed by atoms with van der Waals surface area (Å²) < 4.78 is 13.7. The van der Waals surface area contributed by atoms with E-state index in [1.807, 2.05) is 12.1 Å². The van der Waals surface area contributed by atoms with Gasteiger partial charge in [-0.05, 0) is 42.7 Å². The molecule has 1 saturated heterocycles. The Kier molecular flexibility index (Phi) is 5.30. The smallest absolute Gasteiger partial charge is 0.224 e. The number of halogens is 2. The number of hydrogen-bond donors (Lipinski definition) is 1. The normalized spacial score (nSPS) is 14.0. The molecule has 1 aromatic heterocycles. The summed E-state index contributed by atoms with van der Waals surface area (Å²) in [6, 6.07) is 8.27. The van der Waals surface area contributed by atoms with Crippen LogP contribution < -0.4 is 10.2 Å². The molecule has 4 nitrogen and oxygen atoms in total. The first-order valence-electron chi connectivity index (χ1n) is 8.03. The van der Waals surface area contributed by atoms with Gasteiger partial charge in [-0.1, -0.05) is 17.7 Å². The van der Waals surface area contributed by atoms with Crippen LogP contribution in [0.2, 0.25) is 5.02 Å². The summed E-state index contributed by atoms with van der Waals surface area (Å²) in [7, 11) is 0. The predicted octanol–water partition coefficient (Wildman–Crippen LogP) is 3.33. The van der Waals surface area contributed by atoms with Gasteiger partial charge in [0, 0.05) is 36.4 Å². The van der Waals surface area contributed by atoms with Crippen molar-refractivity contribution in [3.8, 4) is 0 Å². The number of pyridine rings is 1. The van der Waals surface area contributed by atoms with Gasteiger partial charge in [-0.15, -0.1) is 0 Å². The molecule has 1 aliphatic rings. The molecule has 0 bridgehead atoms. The van der Waals surface area contributed by atoms with Gasteiger partial charge in [0.1, 0.15) is 11.6 Å². The summed E-state index contributed by atoms with van der Waals surface area (Å²) in [5, 5.41) is 3.08. The number of carbonyl (C=O) groups is 1. The summed E-state index contributed by atoms with van der Waals surface area (Å²) in [6.07, 6.45) is 4.05. The summed E-state index contributed by atoms with van der Waals surface area (Å²) in [6.45, 7) is 2.43. The van der Waals surface area contributed by atoms with Gasteiger partial charge in [-0.2, -0.15) is 0 Å². The van der Waals surface area contributed by atoms with E-state index in [-0.39, 0.29) is 22.9 Å². The molecule has 3 rings (SSSR count). The molecule has 0 atom stereocenters. The molecule has 2 heterocycles. The Bertz CT molecular complexity index is 712. The Morgan fingerprint density at radius 2 is 2.08 bits per heavy atom. The molecule has 0 aliphatic carbocycles. The Morgan fingerprint density at radius 3 is 2.83 bits per heavy atom. The quantitative estimate of drug-likeness (QED) is 0.902. The van der Waals surface area contributed by atoms with E-state index in [0.29, 0.717) is 6.54 Å². The second kappa shape index (κ2) is 7.62. The maximum Gasteiger partial charge on any atom is 0.224 e. The maximum atomic E-state index is 13.7. The van der Waals surface area contributed by atoms with Gasteiger partial charge in [0.15, 0.2) is 0 Å². The lowest BCUT2D eigenvalue weighted by Crippen LogP contribution is -2.25. The number of benzene rings is 1. The van der Waals surface area contributed by atoms with Crippen LogP contribution in [0.5, 0.6) is 0 Å². The summed E-state index contributed by atoms with van der Waals surface area (Å²) in [5.74, 6) is 0.218.